The van der Waals surface area contributed by atoms with Gasteiger partial charge in [0.15, 0.2) is 15.6 Å². The molecule has 11 heteroatoms. The van der Waals surface area contributed by atoms with Gasteiger partial charge in [-0.25, -0.2) is 8.42 Å². The number of Topliss-reactive ketones (excluding diaryl/α,β-unsaturated/α-hetero) is 1. The second-order valence-electron chi connectivity index (χ2n) is 10.2. The van der Waals surface area contributed by atoms with Crippen LogP contribution in [0.2, 0.25) is 9.36 Å². The number of fused-ring (bicyclic) bond motifs is 1. The summed E-state index contributed by atoms with van der Waals surface area (Å²) in [6.07, 6.45) is 4.50. The first kappa shape index (κ1) is 29.1. The van der Waals surface area contributed by atoms with E-state index in [1.165, 1.54) is 44.5 Å². The zero-order valence-corrected chi connectivity index (χ0v) is 25.1. The van der Waals surface area contributed by atoms with Gasteiger partial charge in [0, 0.05) is 37.3 Å². The maximum absolute atomic E-state index is 13.4. The van der Waals surface area contributed by atoms with Crippen LogP contribution in [0.25, 0.3) is 0 Å². The van der Waals surface area contributed by atoms with Crippen molar-refractivity contribution in [3.8, 4) is 0 Å². The van der Waals surface area contributed by atoms with E-state index >= 15 is 0 Å². The molecule has 3 aromatic rings. The average Bonchev–Trinajstić information content (AvgIpc) is 3.37. The smallest absolute Gasteiger partial charge is 0.258 e. The Morgan fingerprint density at radius 3 is 2.50 bits per heavy atom. The van der Waals surface area contributed by atoms with Crippen LogP contribution in [0, 0.1) is 0 Å². The number of hydrogen-bond acceptors (Lipinski definition) is 7. The minimum Gasteiger partial charge on any atom is -0.384 e. The first-order chi connectivity index (χ1) is 19.2. The Morgan fingerprint density at radius 1 is 0.975 bits per heavy atom. The second-order valence-corrected chi connectivity index (χ2v) is 14.6. The van der Waals surface area contributed by atoms with Crippen molar-refractivity contribution in [2.75, 3.05) is 48.7 Å². The quantitative estimate of drug-likeness (QED) is 0.311. The maximum atomic E-state index is 13.4. The van der Waals surface area contributed by atoms with Gasteiger partial charge >= 0.3 is 0 Å². The van der Waals surface area contributed by atoms with E-state index in [9.17, 15) is 18.0 Å². The molecule has 3 heterocycles. The largest absolute Gasteiger partial charge is 0.384 e. The molecule has 0 atom stereocenters. The van der Waals surface area contributed by atoms with Gasteiger partial charge in [-0.2, -0.15) is 0 Å². The molecule has 2 aromatic carbocycles. The SMILES string of the molecule is O=C(Cc1ccc(N2CCc3cc(NCCN4CCCCC4)ccc3C2=O)c(Cl)c1)CS(=O)(=O)c1ccc(Cl)s1. The summed E-state index contributed by atoms with van der Waals surface area (Å²) in [4.78, 5) is 30.1. The Morgan fingerprint density at radius 2 is 1.77 bits per heavy atom. The Bertz CT molecular complexity index is 1520. The highest BCUT2D eigenvalue weighted by Gasteiger charge is 2.28. The number of carbonyl (C=O) groups excluding carboxylic acids is 2. The summed E-state index contributed by atoms with van der Waals surface area (Å²) in [7, 11) is -3.75. The van der Waals surface area contributed by atoms with Crippen LogP contribution in [0.3, 0.4) is 0 Å². The molecular weight excluding hydrogens is 589 g/mol. The van der Waals surface area contributed by atoms with E-state index in [0.29, 0.717) is 39.1 Å². The Hall–Kier alpha value is -2.43. The van der Waals surface area contributed by atoms with Crippen molar-refractivity contribution in [3.05, 3.63) is 74.6 Å². The summed E-state index contributed by atoms with van der Waals surface area (Å²) in [6, 6.07) is 13.8. The predicted molar refractivity (Wildman–Crippen MR) is 162 cm³/mol. The van der Waals surface area contributed by atoms with Crippen molar-refractivity contribution < 1.29 is 18.0 Å². The summed E-state index contributed by atoms with van der Waals surface area (Å²) >= 11 is 13.3. The van der Waals surface area contributed by atoms with Gasteiger partial charge in [-0.3, -0.25) is 9.59 Å². The first-order valence-electron chi connectivity index (χ1n) is 13.4. The van der Waals surface area contributed by atoms with Crippen LogP contribution in [0.1, 0.15) is 40.7 Å². The fraction of sp³-hybridized carbons (Fsp3) is 0.379. The maximum Gasteiger partial charge on any atom is 0.258 e. The molecule has 40 heavy (non-hydrogen) atoms. The number of sulfone groups is 1. The van der Waals surface area contributed by atoms with Crippen molar-refractivity contribution in [1.29, 1.82) is 0 Å². The highest BCUT2D eigenvalue weighted by molar-refractivity contribution is 7.94. The number of anilines is 2. The van der Waals surface area contributed by atoms with Gasteiger partial charge in [-0.15, -0.1) is 11.3 Å². The monoisotopic (exact) mass is 619 g/mol. The van der Waals surface area contributed by atoms with Crippen LogP contribution >= 0.6 is 34.5 Å². The molecule has 1 aromatic heterocycles. The molecule has 1 N–H and O–H groups in total. The zero-order valence-electron chi connectivity index (χ0n) is 22.0. The number of benzene rings is 2. The van der Waals surface area contributed by atoms with Crippen LogP contribution < -0.4 is 10.2 Å². The molecule has 0 radical (unpaired) electrons. The highest BCUT2D eigenvalue weighted by atomic mass is 35.5. The third kappa shape index (κ3) is 6.89. The van der Waals surface area contributed by atoms with E-state index < -0.39 is 21.4 Å². The molecule has 2 aliphatic rings. The Labute approximate surface area is 249 Å². The van der Waals surface area contributed by atoms with Crippen molar-refractivity contribution in [3.63, 3.8) is 0 Å². The number of amides is 1. The number of likely N-dealkylation sites (tertiary alicyclic amines) is 1. The Balaban J connectivity index is 1.20. The van der Waals surface area contributed by atoms with Crippen LogP contribution in [0.4, 0.5) is 11.4 Å². The minimum absolute atomic E-state index is 0.0727. The van der Waals surface area contributed by atoms with Gasteiger partial charge in [0.05, 0.1) is 15.0 Å². The normalized spacial score (nSPS) is 16.1. The number of halogens is 2. The molecule has 1 saturated heterocycles. The molecule has 212 valence electrons. The van der Waals surface area contributed by atoms with Crippen LogP contribution in [-0.2, 0) is 27.5 Å². The minimum atomic E-state index is -3.75. The molecule has 1 amide bonds. The number of rotatable bonds is 10. The lowest BCUT2D eigenvalue weighted by Crippen LogP contribution is -2.38. The fourth-order valence-corrected chi connectivity index (χ4v) is 8.39. The van der Waals surface area contributed by atoms with Crippen molar-refractivity contribution >= 4 is 67.4 Å². The number of nitrogens with one attached hydrogen (secondary N) is 1. The van der Waals surface area contributed by atoms with Crippen LogP contribution in [-0.4, -0.2) is 63.5 Å². The van der Waals surface area contributed by atoms with Crippen LogP contribution in [0.15, 0.2) is 52.7 Å². The lowest BCUT2D eigenvalue weighted by atomic mass is 9.97. The van der Waals surface area contributed by atoms with E-state index in [-0.39, 0.29) is 16.5 Å². The molecule has 7 nitrogen and oxygen atoms in total. The zero-order chi connectivity index (χ0) is 28.3. The van der Waals surface area contributed by atoms with Crippen LogP contribution in [0.5, 0.6) is 0 Å². The number of carbonyl (C=O) groups is 2. The van der Waals surface area contributed by atoms with Gasteiger partial charge in [0.25, 0.3) is 5.91 Å². The fourth-order valence-electron chi connectivity index (χ4n) is 5.28. The summed E-state index contributed by atoms with van der Waals surface area (Å²) in [5, 5.41) is 3.84. The molecule has 1 fully saturated rings. The first-order valence-corrected chi connectivity index (χ1v) is 16.6. The van der Waals surface area contributed by atoms with Crippen molar-refractivity contribution in [2.24, 2.45) is 0 Å². The summed E-state index contributed by atoms with van der Waals surface area (Å²) in [5.41, 5.74) is 3.84. The number of hydrogen-bond donors (Lipinski definition) is 1. The van der Waals surface area contributed by atoms with Gasteiger partial charge in [-0.1, -0.05) is 35.7 Å². The van der Waals surface area contributed by atoms with Gasteiger partial charge in [0.1, 0.15) is 9.96 Å². The third-order valence-electron chi connectivity index (χ3n) is 7.30. The molecule has 0 spiro atoms. The average molecular weight is 621 g/mol. The lowest BCUT2D eigenvalue weighted by molar-refractivity contribution is -0.116. The van der Waals surface area contributed by atoms with Gasteiger partial charge < -0.3 is 15.1 Å². The number of piperidine rings is 1. The van der Waals surface area contributed by atoms with Crippen molar-refractivity contribution in [2.45, 2.75) is 36.3 Å². The predicted octanol–water partition coefficient (Wildman–Crippen LogP) is 5.74. The summed E-state index contributed by atoms with van der Waals surface area (Å²) < 4.78 is 25.4. The van der Waals surface area contributed by atoms with E-state index in [1.54, 1.807) is 23.1 Å². The topological polar surface area (TPSA) is 86.8 Å². The molecule has 5 rings (SSSR count). The lowest BCUT2D eigenvalue weighted by Gasteiger charge is -2.30. The number of ketones is 1. The third-order valence-corrected chi connectivity index (χ3v) is 11.1. The molecule has 0 unspecified atom stereocenters. The molecule has 0 saturated carbocycles. The highest BCUT2D eigenvalue weighted by Crippen LogP contribution is 2.33. The Kier molecular flexibility index (Phi) is 9.17. The molecule has 0 aliphatic carbocycles. The molecule has 0 bridgehead atoms. The second kappa shape index (κ2) is 12.6. The van der Waals surface area contributed by atoms with Gasteiger partial charge in [0.2, 0.25) is 0 Å². The molecule has 2 aliphatic heterocycles. The summed E-state index contributed by atoms with van der Waals surface area (Å²) in [5.74, 6) is -1.18. The van der Waals surface area contributed by atoms with Gasteiger partial charge in [-0.05, 0) is 85.9 Å². The standard InChI is InChI=1S/C29H31Cl2N3O4S2/c30-25-17-20(16-23(35)19-40(37,38)28-9-8-27(31)39-28)4-7-26(25)34-14-10-21-18-22(5-6-24(21)29(34)36)32-11-15-33-12-2-1-3-13-33/h4-9,17-18,32H,1-3,10-16,19H2. The van der Waals surface area contributed by atoms with Crippen molar-refractivity contribution in [1.82, 2.24) is 4.90 Å². The van der Waals surface area contributed by atoms with E-state index in [0.717, 1.165) is 35.7 Å². The van der Waals surface area contributed by atoms with E-state index in [4.69, 9.17) is 23.2 Å². The van der Waals surface area contributed by atoms with E-state index in [1.807, 2.05) is 12.1 Å². The number of thiophene rings is 1. The molecular formula is C29H31Cl2N3O4S2. The van der Waals surface area contributed by atoms with E-state index in [2.05, 4.69) is 16.3 Å². The summed E-state index contributed by atoms with van der Waals surface area (Å²) in [6.45, 7) is 4.72. The number of nitrogens with zero attached hydrogens (tertiary/aromatic N) is 2.